The Bertz CT molecular complexity index is 586. The molecule has 1 aliphatic heterocycles. The molecule has 2 aliphatic rings. The summed E-state index contributed by atoms with van der Waals surface area (Å²) in [7, 11) is 0. The summed E-state index contributed by atoms with van der Waals surface area (Å²) in [6.07, 6.45) is 6.22. The molecule has 5 nitrogen and oxygen atoms in total. The van der Waals surface area contributed by atoms with Gasteiger partial charge in [-0.1, -0.05) is 6.92 Å². The van der Waals surface area contributed by atoms with E-state index in [1.807, 2.05) is 4.90 Å². The van der Waals surface area contributed by atoms with E-state index < -0.39 is 0 Å². The molecule has 114 valence electrons. The number of carbonyl (C=O) groups excluding carboxylic acids is 1. The van der Waals surface area contributed by atoms with Crippen molar-refractivity contribution in [1.29, 1.82) is 0 Å². The Morgan fingerprint density at radius 2 is 2.00 bits per heavy atom. The van der Waals surface area contributed by atoms with Gasteiger partial charge in [0.2, 0.25) is 5.91 Å². The van der Waals surface area contributed by atoms with E-state index in [-0.39, 0.29) is 18.0 Å². The van der Waals surface area contributed by atoms with Crippen LogP contribution in [0.4, 0.5) is 0 Å². The maximum absolute atomic E-state index is 12.3. The lowest BCUT2D eigenvalue weighted by atomic mass is 9.97. The van der Waals surface area contributed by atoms with E-state index in [1.54, 1.807) is 6.07 Å². The average molecular weight is 289 g/mol. The molecule has 0 atom stereocenters. The first kappa shape index (κ1) is 14.3. The Balaban J connectivity index is 1.72. The van der Waals surface area contributed by atoms with Crippen molar-refractivity contribution in [2.24, 2.45) is 5.92 Å². The Hall–Kier alpha value is -1.65. The summed E-state index contributed by atoms with van der Waals surface area (Å²) in [6.45, 7) is 3.91. The van der Waals surface area contributed by atoms with Gasteiger partial charge in [0, 0.05) is 19.2 Å². The van der Waals surface area contributed by atoms with Gasteiger partial charge >= 0.3 is 0 Å². The topological polar surface area (TPSA) is 55.2 Å². The number of nitrogens with zero attached hydrogens (tertiary/aromatic N) is 3. The highest BCUT2D eigenvalue weighted by atomic mass is 16.2. The van der Waals surface area contributed by atoms with Crippen molar-refractivity contribution in [3.8, 4) is 0 Å². The summed E-state index contributed by atoms with van der Waals surface area (Å²) in [4.78, 5) is 26.3. The lowest BCUT2D eigenvalue weighted by Crippen LogP contribution is -2.42. The van der Waals surface area contributed by atoms with Gasteiger partial charge in [0.25, 0.3) is 5.56 Å². The number of likely N-dealkylation sites (tertiary alicyclic amines) is 1. The van der Waals surface area contributed by atoms with Gasteiger partial charge in [-0.05, 0) is 50.0 Å². The molecule has 3 rings (SSSR count). The number of aromatic nitrogens is 2. The summed E-state index contributed by atoms with van der Waals surface area (Å²) in [5.41, 5.74) is 1.93. The largest absolute Gasteiger partial charge is 0.341 e. The zero-order valence-corrected chi connectivity index (χ0v) is 12.7. The maximum Gasteiger partial charge on any atom is 0.267 e. The van der Waals surface area contributed by atoms with Crippen molar-refractivity contribution >= 4 is 5.91 Å². The predicted octanol–water partition coefficient (Wildman–Crippen LogP) is 1.38. The fraction of sp³-hybridized carbons (Fsp3) is 0.688. The number of aryl methyl sites for hydroxylation is 2. The third-order valence-electron chi connectivity index (χ3n) is 4.70. The van der Waals surface area contributed by atoms with Crippen molar-refractivity contribution in [2.45, 2.75) is 52.0 Å². The zero-order chi connectivity index (χ0) is 14.8. The van der Waals surface area contributed by atoms with Gasteiger partial charge in [0.15, 0.2) is 0 Å². The van der Waals surface area contributed by atoms with E-state index in [9.17, 15) is 9.59 Å². The molecule has 1 aromatic rings. The number of carbonyl (C=O) groups is 1. The molecule has 1 amide bonds. The van der Waals surface area contributed by atoms with Crippen LogP contribution < -0.4 is 5.56 Å². The molecule has 0 radical (unpaired) electrons. The Labute approximate surface area is 124 Å². The monoisotopic (exact) mass is 289 g/mol. The second-order valence-corrected chi connectivity index (χ2v) is 6.38. The first-order chi connectivity index (χ1) is 10.1. The molecular formula is C16H23N3O2. The fourth-order valence-corrected chi connectivity index (χ4v) is 3.20. The zero-order valence-electron chi connectivity index (χ0n) is 12.7. The van der Waals surface area contributed by atoms with Crippen molar-refractivity contribution in [3.05, 3.63) is 27.7 Å². The molecule has 0 aromatic carbocycles. The number of hydrogen-bond acceptors (Lipinski definition) is 3. The molecule has 0 saturated carbocycles. The molecule has 0 spiro atoms. The SMILES string of the molecule is CC1CCN(C(=O)Cn2nc3c(cc2=O)CCCC3)CC1. The third-order valence-corrected chi connectivity index (χ3v) is 4.70. The van der Waals surface area contributed by atoms with Crippen LogP contribution >= 0.6 is 0 Å². The lowest BCUT2D eigenvalue weighted by Gasteiger charge is -2.30. The average Bonchev–Trinajstić information content (AvgIpc) is 2.48. The molecule has 1 aromatic heterocycles. The molecule has 1 saturated heterocycles. The third kappa shape index (κ3) is 3.17. The van der Waals surface area contributed by atoms with Crippen LogP contribution in [0.1, 0.15) is 43.9 Å². The van der Waals surface area contributed by atoms with E-state index in [4.69, 9.17) is 0 Å². The first-order valence-electron chi connectivity index (χ1n) is 8.01. The van der Waals surface area contributed by atoms with Crippen LogP contribution in [-0.2, 0) is 24.2 Å². The second kappa shape index (κ2) is 6.00. The highest BCUT2D eigenvalue weighted by Crippen LogP contribution is 2.18. The molecule has 0 unspecified atom stereocenters. The quantitative estimate of drug-likeness (QED) is 0.826. The molecular weight excluding hydrogens is 266 g/mol. The number of fused-ring (bicyclic) bond motifs is 1. The summed E-state index contributed by atoms with van der Waals surface area (Å²) < 4.78 is 1.35. The Morgan fingerprint density at radius 1 is 1.29 bits per heavy atom. The van der Waals surface area contributed by atoms with Gasteiger partial charge in [-0.3, -0.25) is 9.59 Å². The number of piperidine rings is 1. The highest BCUT2D eigenvalue weighted by Gasteiger charge is 2.21. The van der Waals surface area contributed by atoms with Crippen LogP contribution in [0.25, 0.3) is 0 Å². The van der Waals surface area contributed by atoms with E-state index in [0.717, 1.165) is 62.9 Å². The Morgan fingerprint density at radius 3 is 2.76 bits per heavy atom. The number of amides is 1. The minimum Gasteiger partial charge on any atom is -0.341 e. The lowest BCUT2D eigenvalue weighted by molar-refractivity contribution is -0.133. The number of hydrogen-bond donors (Lipinski definition) is 0. The van der Waals surface area contributed by atoms with Crippen LogP contribution in [0.5, 0.6) is 0 Å². The molecule has 5 heteroatoms. The van der Waals surface area contributed by atoms with Gasteiger partial charge in [0.1, 0.15) is 6.54 Å². The van der Waals surface area contributed by atoms with Gasteiger partial charge in [0.05, 0.1) is 5.69 Å². The van der Waals surface area contributed by atoms with Crippen LogP contribution in [0, 0.1) is 5.92 Å². The van der Waals surface area contributed by atoms with Crippen LogP contribution in [0.15, 0.2) is 10.9 Å². The van der Waals surface area contributed by atoms with Gasteiger partial charge in [-0.25, -0.2) is 4.68 Å². The molecule has 21 heavy (non-hydrogen) atoms. The molecule has 0 bridgehead atoms. The number of rotatable bonds is 2. The van der Waals surface area contributed by atoms with E-state index >= 15 is 0 Å². The summed E-state index contributed by atoms with van der Waals surface area (Å²) >= 11 is 0. The van der Waals surface area contributed by atoms with E-state index in [2.05, 4.69) is 12.0 Å². The van der Waals surface area contributed by atoms with Crippen molar-refractivity contribution < 1.29 is 4.79 Å². The normalized spacial score (nSPS) is 19.4. The fourth-order valence-electron chi connectivity index (χ4n) is 3.20. The van der Waals surface area contributed by atoms with Crippen molar-refractivity contribution in [1.82, 2.24) is 14.7 Å². The van der Waals surface area contributed by atoms with E-state index in [1.165, 1.54) is 4.68 Å². The van der Waals surface area contributed by atoms with Crippen LogP contribution in [0.2, 0.25) is 0 Å². The highest BCUT2D eigenvalue weighted by molar-refractivity contribution is 5.75. The first-order valence-corrected chi connectivity index (χ1v) is 8.01. The smallest absolute Gasteiger partial charge is 0.267 e. The minimum absolute atomic E-state index is 0.0206. The van der Waals surface area contributed by atoms with Crippen LogP contribution in [0.3, 0.4) is 0 Å². The predicted molar refractivity (Wildman–Crippen MR) is 80.1 cm³/mol. The molecule has 0 N–H and O–H groups in total. The van der Waals surface area contributed by atoms with Crippen molar-refractivity contribution in [2.75, 3.05) is 13.1 Å². The summed E-state index contributed by atoms with van der Waals surface area (Å²) in [6, 6.07) is 1.67. The second-order valence-electron chi connectivity index (χ2n) is 6.38. The van der Waals surface area contributed by atoms with Gasteiger partial charge in [-0.2, -0.15) is 5.10 Å². The van der Waals surface area contributed by atoms with Crippen LogP contribution in [-0.4, -0.2) is 33.7 Å². The van der Waals surface area contributed by atoms with Gasteiger partial charge in [-0.15, -0.1) is 0 Å². The minimum atomic E-state index is -0.144. The Kier molecular flexibility index (Phi) is 4.08. The van der Waals surface area contributed by atoms with E-state index in [0.29, 0.717) is 5.92 Å². The van der Waals surface area contributed by atoms with Crippen molar-refractivity contribution in [3.63, 3.8) is 0 Å². The standard InChI is InChI=1S/C16H23N3O2/c1-12-6-8-18(9-7-12)16(21)11-19-15(20)10-13-4-2-3-5-14(13)17-19/h10,12H,2-9,11H2,1H3. The maximum atomic E-state index is 12.3. The summed E-state index contributed by atoms with van der Waals surface area (Å²) in [5, 5.41) is 4.42. The molecule has 1 fully saturated rings. The summed E-state index contributed by atoms with van der Waals surface area (Å²) in [5.74, 6) is 0.714. The molecule has 2 heterocycles. The molecule has 1 aliphatic carbocycles. The van der Waals surface area contributed by atoms with Gasteiger partial charge < -0.3 is 4.90 Å².